The lowest BCUT2D eigenvalue weighted by Crippen LogP contribution is -3.28. The first-order valence-corrected chi connectivity index (χ1v) is 11.3. The van der Waals surface area contributed by atoms with Crippen molar-refractivity contribution in [1.29, 1.82) is 0 Å². The topological polar surface area (TPSA) is 47.2 Å². The molecule has 1 aliphatic rings. The van der Waals surface area contributed by atoms with Gasteiger partial charge in [-0.05, 0) is 35.9 Å². The number of ether oxygens (including phenoxy) is 1. The molecule has 0 bridgehead atoms. The highest BCUT2D eigenvalue weighted by Crippen LogP contribution is 2.28. The summed E-state index contributed by atoms with van der Waals surface area (Å²) in [5.41, 5.74) is 1.94. The predicted molar refractivity (Wildman–Crippen MR) is 128 cm³/mol. The van der Waals surface area contributed by atoms with E-state index in [1.807, 2.05) is 60.7 Å². The van der Waals surface area contributed by atoms with E-state index in [1.165, 1.54) is 10.5 Å². The number of rotatable bonds is 8. The molecule has 5 nitrogen and oxygen atoms in total. The molecule has 1 aliphatic heterocycles. The standard InChI is InChI=1S/C27H29N3O2/c31-27(28-25-15-7-8-16-26(25)32-24-13-5-2-6-14-24)22-30-20-18-29(19-21-30)17-9-12-23-10-3-1-4-11-23/h1-16H,17-22H2,(H,28,31)/p+2/b12-9+. The highest BCUT2D eigenvalue weighted by Gasteiger charge is 2.24. The molecule has 3 N–H and O–H groups in total. The molecular formula is C27H31N3O2+2. The molecule has 0 atom stereocenters. The van der Waals surface area contributed by atoms with Gasteiger partial charge in [0, 0.05) is 0 Å². The molecule has 0 radical (unpaired) electrons. The molecule has 0 aromatic heterocycles. The van der Waals surface area contributed by atoms with E-state index in [-0.39, 0.29) is 5.91 Å². The van der Waals surface area contributed by atoms with Gasteiger partial charge < -0.3 is 19.9 Å². The maximum Gasteiger partial charge on any atom is 0.279 e. The molecule has 1 saturated heterocycles. The summed E-state index contributed by atoms with van der Waals surface area (Å²) >= 11 is 0. The van der Waals surface area contributed by atoms with Crippen LogP contribution in [0, 0.1) is 0 Å². The minimum atomic E-state index is 0.0246. The van der Waals surface area contributed by atoms with E-state index in [9.17, 15) is 4.79 Å². The number of carbonyl (C=O) groups excluding carboxylic acids is 1. The van der Waals surface area contributed by atoms with Crippen LogP contribution in [0.25, 0.3) is 6.08 Å². The Kier molecular flexibility index (Phi) is 7.69. The highest BCUT2D eigenvalue weighted by atomic mass is 16.5. The molecule has 1 heterocycles. The summed E-state index contributed by atoms with van der Waals surface area (Å²) in [6.45, 7) is 5.67. The van der Waals surface area contributed by atoms with E-state index in [1.54, 1.807) is 4.90 Å². The van der Waals surface area contributed by atoms with Gasteiger partial charge in [0.25, 0.3) is 5.91 Å². The fraction of sp³-hybridized carbons (Fsp3) is 0.222. The number of amides is 1. The minimum absolute atomic E-state index is 0.0246. The molecule has 3 aromatic rings. The van der Waals surface area contributed by atoms with Gasteiger partial charge in [0.15, 0.2) is 12.3 Å². The number of nitrogens with one attached hydrogen (secondary N) is 3. The van der Waals surface area contributed by atoms with Crippen LogP contribution >= 0.6 is 0 Å². The zero-order valence-electron chi connectivity index (χ0n) is 18.3. The molecule has 4 rings (SSSR count). The van der Waals surface area contributed by atoms with Crippen molar-refractivity contribution in [3.8, 4) is 11.5 Å². The second-order valence-electron chi connectivity index (χ2n) is 8.15. The van der Waals surface area contributed by atoms with E-state index < -0.39 is 0 Å². The zero-order valence-corrected chi connectivity index (χ0v) is 18.3. The van der Waals surface area contributed by atoms with Crippen molar-refractivity contribution in [2.45, 2.75) is 0 Å². The maximum absolute atomic E-state index is 12.7. The Morgan fingerprint density at radius 1 is 0.812 bits per heavy atom. The third-order valence-electron chi connectivity index (χ3n) is 5.72. The lowest BCUT2D eigenvalue weighted by atomic mass is 10.2. The van der Waals surface area contributed by atoms with Crippen LogP contribution in [-0.2, 0) is 4.79 Å². The van der Waals surface area contributed by atoms with Crippen LogP contribution in [0.3, 0.4) is 0 Å². The Morgan fingerprint density at radius 2 is 1.44 bits per heavy atom. The van der Waals surface area contributed by atoms with E-state index in [0.717, 1.165) is 38.5 Å². The van der Waals surface area contributed by atoms with Crippen LogP contribution in [0.2, 0.25) is 0 Å². The van der Waals surface area contributed by atoms with Crippen molar-refractivity contribution >= 4 is 17.7 Å². The fourth-order valence-electron chi connectivity index (χ4n) is 3.96. The SMILES string of the molecule is O=C(C[NH+]1CC[NH+](C/C=C/c2ccccc2)CC1)Nc1ccccc1Oc1ccccc1. The van der Waals surface area contributed by atoms with Gasteiger partial charge in [-0.3, -0.25) is 4.79 Å². The van der Waals surface area contributed by atoms with Crippen LogP contribution in [-0.4, -0.2) is 45.2 Å². The number of carbonyl (C=O) groups is 1. The monoisotopic (exact) mass is 429 g/mol. The number of hydrogen-bond acceptors (Lipinski definition) is 2. The highest BCUT2D eigenvalue weighted by molar-refractivity contribution is 5.93. The molecule has 0 saturated carbocycles. The first kappa shape index (κ1) is 21.8. The predicted octanol–water partition coefficient (Wildman–Crippen LogP) is 1.91. The maximum atomic E-state index is 12.7. The first-order chi connectivity index (χ1) is 15.8. The number of quaternary nitrogens is 2. The molecular weight excluding hydrogens is 398 g/mol. The second kappa shape index (κ2) is 11.3. The van der Waals surface area contributed by atoms with Crippen LogP contribution in [0.4, 0.5) is 5.69 Å². The van der Waals surface area contributed by atoms with Gasteiger partial charge in [-0.25, -0.2) is 0 Å². The first-order valence-electron chi connectivity index (χ1n) is 11.3. The summed E-state index contributed by atoms with van der Waals surface area (Å²) in [5.74, 6) is 1.43. The number of piperazine rings is 1. The Balaban J connectivity index is 1.23. The summed E-state index contributed by atoms with van der Waals surface area (Å²) < 4.78 is 5.95. The normalized spacial score (nSPS) is 18.4. The van der Waals surface area contributed by atoms with E-state index in [0.29, 0.717) is 18.0 Å². The average Bonchev–Trinajstić information content (AvgIpc) is 2.83. The fourth-order valence-corrected chi connectivity index (χ4v) is 3.96. The number of para-hydroxylation sites is 3. The van der Waals surface area contributed by atoms with E-state index >= 15 is 0 Å². The number of benzene rings is 3. The van der Waals surface area contributed by atoms with E-state index in [4.69, 9.17) is 4.74 Å². The quantitative estimate of drug-likeness (QED) is 0.512. The molecule has 5 heteroatoms. The second-order valence-corrected chi connectivity index (χ2v) is 8.15. The Morgan fingerprint density at radius 3 is 2.19 bits per heavy atom. The van der Waals surface area contributed by atoms with Crippen molar-refractivity contribution in [3.63, 3.8) is 0 Å². The van der Waals surface area contributed by atoms with Gasteiger partial charge in [0.2, 0.25) is 0 Å². The molecule has 1 amide bonds. The summed E-state index contributed by atoms with van der Waals surface area (Å²) in [6.07, 6.45) is 4.45. The summed E-state index contributed by atoms with van der Waals surface area (Å²) in [5, 5.41) is 3.04. The summed E-state index contributed by atoms with van der Waals surface area (Å²) in [4.78, 5) is 15.6. The van der Waals surface area contributed by atoms with Gasteiger partial charge in [0.05, 0.1) is 12.2 Å². The molecule has 0 aliphatic carbocycles. The summed E-state index contributed by atoms with van der Waals surface area (Å²) in [7, 11) is 0. The van der Waals surface area contributed by atoms with Gasteiger partial charge >= 0.3 is 0 Å². The number of hydrogen-bond donors (Lipinski definition) is 3. The van der Waals surface area contributed by atoms with E-state index in [2.05, 4.69) is 41.7 Å². The van der Waals surface area contributed by atoms with Gasteiger partial charge in [-0.15, -0.1) is 0 Å². The van der Waals surface area contributed by atoms with Crippen LogP contribution in [0.5, 0.6) is 11.5 Å². The minimum Gasteiger partial charge on any atom is -0.455 e. The molecule has 32 heavy (non-hydrogen) atoms. The number of anilines is 1. The molecule has 3 aromatic carbocycles. The Hall–Kier alpha value is -3.41. The van der Waals surface area contributed by atoms with Crippen molar-refractivity contribution in [3.05, 3.63) is 96.6 Å². The van der Waals surface area contributed by atoms with Gasteiger partial charge in [-0.1, -0.05) is 66.7 Å². The largest absolute Gasteiger partial charge is 0.455 e. The summed E-state index contributed by atoms with van der Waals surface area (Å²) in [6, 6.07) is 27.6. The van der Waals surface area contributed by atoms with Crippen molar-refractivity contribution in [2.24, 2.45) is 0 Å². The average molecular weight is 430 g/mol. The molecule has 164 valence electrons. The molecule has 1 fully saturated rings. The van der Waals surface area contributed by atoms with Gasteiger partial charge in [0.1, 0.15) is 31.9 Å². The van der Waals surface area contributed by atoms with Crippen LogP contribution < -0.4 is 19.9 Å². The third-order valence-corrected chi connectivity index (χ3v) is 5.72. The van der Waals surface area contributed by atoms with Crippen molar-refractivity contribution < 1.29 is 19.3 Å². The van der Waals surface area contributed by atoms with Crippen LogP contribution in [0.15, 0.2) is 91.0 Å². The molecule has 0 unspecified atom stereocenters. The zero-order chi connectivity index (χ0) is 22.0. The Labute approximate surface area is 189 Å². The lowest BCUT2D eigenvalue weighted by Gasteiger charge is -2.28. The smallest absolute Gasteiger partial charge is 0.279 e. The Bertz CT molecular complexity index is 1010. The van der Waals surface area contributed by atoms with Crippen molar-refractivity contribution in [2.75, 3.05) is 44.6 Å². The van der Waals surface area contributed by atoms with Crippen LogP contribution in [0.1, 0.15) is 5.56 Å². The van der Waals surface area contributed by atoms with Crippen molar-refractivity contribution in [1.82, 2.24) is 0 Å². The third kappa shape index (κ3) is 6.54. The molecule has 0 spiro atoms. The van der Waals surface area contributed by atoms with Gasteiger partial charge in [-0.2, -0.15) is 0 Å². The lowest BCUT2D eigenvalue weighted by molar-refractivity contribution is -1.01.